The summed E-state index contributed by atoms with van der Waals surface area (Å²) >= 11 is 0. The highest BCUT2D eigenvalue weighted by atomic mass is 16.7. The number of hydrogen-bond donors (Lipinski definition) is 1. The highest BCUT2D eigenvalue weighted by Gasteiger charge is 2.63. The van der Waals surface area contributed by atoms with Gasteiger partial charge in [0.1, 0.15) is 0 Å². The number of nitrogens with zero attached hydrogens (tertiary/aromatic N) is 1. The zero-order valence-electron chi connectivity index (χ0n) is 29.0. The van der Waals surface area contributed by atoms with E-state index >= 15 is 0 Å². The van der Waals surface area contributed by atoms with Crippen LogP contribution >= 0.6 is 0 Å². The van der Waals surface area contributed by atoms with Gasteiger partial charge in [-0.05, 0) is 119 Å². The molecule has 0 atom stereocenters. The van der Waals surface area contributed by atoms with E-state index in [9.17, 15) is 0 Å². The first kappa shape index (κ1) is 34.8. The first-order valence-corrected chi connectivity index (χ1v) is 15.6. The van der Waals surface area contributed by atoms with E-state index in [0.29, 0.717) is 0 Å². The molecule has 2 aromatic rings. The highest BCUT2D eigenvalue weighted by Crippen LogP contribution is 2.43. The molecule has 0 amide bonds. The lowest BCUT2D eigenvalue weighted by Gasteiger charge is -2.32. The summed E-state index contributed by atoms with van der Waals surface area (Å²) in [4.78, 5) is 0. The van der Waals surface area contributed by atoms with E-state index in [1.165, 1.54) is 0 Å². The third-order valence-electron chi connectivity index (χ3n) is 9.98. The molecule has 0 saturated carbocycles. The zero-order valence-corrected chi connectivity index (χ0v) is 29.0. The first-order chi connectivity index (χ1) is 20.1. The van der Waals surface area contributed by atoms with Crippen molar-refractivity contribution in [3.63, 3.8) is 0 Å². The van der Waals surface area contributed by atoms with Gasteiger partial charge >= 0.3 is 21.1 Å². The second kappa shape index (κ2) is 11.9. The van der Waals surface area contributed by atoms with Gasteiger partial charge in [0.05, 0.1) is 45.0 Å². The molecule has 8 nitrogen and oxygen atoms in total. The molecule has 0 aliphatic carbocycles. The topological polar surface area (TPSA) is 84.6 Å². The molecule has 3 aliphatic heterocycles. The van der Waals surface area contributed by atoms with Gasteiger partial charge in [0, 0.05) is 0 Å². The van der Waals surface area contributed by atoms with Crippen molar-refractivity contribution in [2.24, 2.45) is 5.84 Å². The van der Waals surface area contributed by atoms with E-state index in [1.54, 1.807) is 5.01 Å². The maximum atomic E-state index is 6.37. The van der Waals surface area contributed by atoms with Crippen LogP contribution in [-0.2, 0) is 27.9 Å². The lowest BCUT2D eigenvalue weighted by atomic mass is 9.49. The van der Waals surface area contributed by atoms with Gasteiger partial charge in [-0.1, -0.05) is 42.5 Å². The SMILES string of the molecule is C/C=C/c1cc(B2OC(C)(C)C(C)(C)O2)ccc1N(N)c1ccccc1.CC1(C)OB(B2OC(C)(C)C(C)(C)O2)OC1(C)C. The van der Waals surface area contributed by atoms with E-state index in [-0.39, 0.29) is 40.7 Å². The Morgan fingerprint density at radius 3 is 1.41 bits per heavy atom. The van der Waals surface area contributed by atoms with Crippen LogP contribution in [0, 0.1) is 0 Å². The van der Waals surface area contributed by atoms with Crippen molar-refractivity contribution in [2.75, 3.05) is 5.01 Å². The Morgan fingerprint density at radius 1 is 0.591 bits per heavy atom. The van der Waals surface area contributed by atoms with E-state index in [1.807, 2.05) is 117 Å². The summed E-state index contributed by atoms with van der Waals surface area (Å²) in [5.74, 6) is 6.37. The molecule has 0 aromatic heterocycles. The second-order valence-electron chi connectivity index (χ2n) is 14.9. The van der Waals surface area contributed by atoms with E-state index < -0.39 is 14.0 Å². The smallest absolute Gasteiger partial charge is 0.405 e. The summed E-state index contributed by atoms with van der Waals surface area (Å²) in [5.41, 5.74) is 1.71. The molecule has 5 rings (SSSR count). The van der Waals surface area contributed by atoms with Gasteiger partial charge in [-0.15, -0.1) is 0 Å². The molecule has 0 spiro atoms. The molecule has 3 heterocycles. The maximum absolute atomic E-state index is 6.37. The molecule has 3 aliphatic rings. The number of allylic oxidation sites excluding steroid dienone is 1. The fourth-order valence-corrected chi connectivity index (χ4v) is 4.96. The minimum Gasteiger partial charge on any atom is -0.405 e. The lowest BCUT2D eigenvalue weighted by Crippen LogP contribution is -2.41. The lowest BCUT2D eigenvalue weighted by molar-refractivity contribution is 0.00578. The third kappa shape index (κ3) is 6.70. The first-order valence-electron chi connectivity index (χ1n) is 15.6. The van der Waals surface area contributed by atoms with Crippen LogP contribution < -0.4 is 16.3 Å². The summed E-state index contributed by atoms with van der Waals surface area (Å²) in [7, 11) is -1.34. The molecule has 3 saturated heterocycles. The summed E-state index contributed by atoms with van der Waals surface area (Å²) in [6, 6.07) is 16.0. The van der Waals surface area contributed by atoms with Crippen LogP contribution in [-0.4, -0.2) is 54.7 Å². The second-order valence-corrected chi connectivity index (χ2v) is 14.9. The Hall–Kier alpha value is -2.11. The van der Waals surface area contributed by atoms with Gasteiger partial charge < -0.3 is 27.9 Å². The summed E-state index contributed by atoms with van der Waals surface area (Å²) < 4.78 is 36.2. The predicted octanol–water partition coefficient (Wildman–Crippen LogP) is 6.28. The van der Waals surface area contributed by atoms with Crippen LogP contribution in [0.4, 0.5) is 11.4 Å². The van der Waals surface area contributed by atoms with Gasteiger partial charge in [0.25, 0.3) is 0 Å². The van der Waals surface area contributed by atoms with Crippen molar-refractivity contribution in [1.29, 1.82) is 0 Å². The molecule has 2 aromatic carbocycles. The summed E-state index contributed by atoms with van der Waals surface area (Å²) in [5, 5.41) is 1.70. The minimum atomic E-state index is -0.476. The van der Waals surface area contributed by atoms with Crippen LogP contribution in [0.3, 0.4) is 0 Å². The molecule has 44 heavy (non-hydrogen) atoms. The molecular weight excluding hydrogens is 553 g/mol. The monoisotopic (exact) mass is 604 g/mol. The average Bonchev–Trinajstić information content (AvgIpc) is 3.38. The van der Waals surface area contributed by atoms with Crippen LogP contribution in [0.25, 0.3) is 6.08 Å². The standard InChI is InChI=1S/C21H27BN2O2.C12H24B2O4/c1-6-10-16-15-17(22-25-20(2,3)21(4,5)26-22)13-14-19(16)24(23)18-11-8-7-9-12-18;1-9(2)10(3,4)16-13(15-9)14-17-11(5,6)12(7,8)18-14/h6-15H,23H2,1-5H3;1-8H3/b10-6+;. The van der Waals surface area contributed by atoms with Crippen molar-refractivity contribution in [2.45, 2.75) is 124 Å². The van der Waals surface area contributed by atoms with Gasteiger partial charge in [0.2, 0.25) is 0 Å². The molecule has 238 valence electrons. The van der Waals surface area contributed by atoms with Crippen LogP contribution in [0.5, 0.6) is 0 Å². The summed E-state index contributed by atoms with van der Waals surface area (Å²) in [6.45, 7) is 26.4. The Morgan fingerprint density at radius 2 is 1.00 bits per heavy atom. The molecule has 2 N–H and O–H groups in total. The third-order valence-corrected chi connectivity index (χ3v) is 9.98. The average molecular weight is 604 g/mol. The number of para-hydroxylation sites is 1. The van der Waals surface area contributed by atoms with E-state index in [2.05, 4.69) is 33.8 Å². The van der Waals surface area contributed by atoms with Gasteiger partial charge in [0.15, 0.2) is 0 Å². The number of nitrogens with two attached hydrogens (primary N) is 1. The maximum Gasteiger partial charge on any atom is 0.494 e. The normalized spacial score (nSPS) is 24.0. The minimum absolute atomic E-state index is 0.360. The van der Waals surface area contributed by atoms with Crippen LogP contribution in [0.1, 0.15) is 95.6 Å². The zero-order chi connectivity index (χ0) is 32.9. The molecule has 0 unspecified atom stereocenters. The van der Waals surface area contributed by atoms with Gasteiger partial charge in [-0.3, -0.25) is 5.01 Å². The fraction of sp³-hybridized carbons (Fsp3) is 0.576. The number of hydrazine groups is 1. The van der Waals surface area contributed by atoms with Crippen molar-refractivity contribution in [1.82, 2.24) is 0 Å². The molecule has 0 bridgehead atoms. The molecule has 0 radical (unpaired) electrons. The van der Waals surface area contributed by atoms with Crippen LogP contribution in [0.2, 0.25) is 0 Å². The Kier molecular flexibility index (Phi) is 9.42. The Balaban J connectivity index is 0.000000215. The van der Waals surface area contributed by atoms with Crippen molar-refractivity contribution in [3.05, 3.63) is 60.2 Å². The van der Waals surface area contributed by atoms with E-state index in [4.69, 9.17) is 33.8 Å². The fourth-order valence-electron chi connectivity index (χ4n) is 4.96. The molecule has 3 fully saturated rings. The largest absolute Gasteiger partial charge is 0.494 e. The number of rotatable bonds is 5. The highest BCUT2D eigenvalue weighted by molar-refractivity contribution is 7.11. The van der Waals surface area contributed by atoms with Gasteiger partial charge in [-0.25, -0.2) is 5.84 Å². The Bertz CT molecular complexity index is 1260. The van der Waals surface area contributed by atoms with E-state index in [0.717, 1.165) is 22.4 Å². The van der Waals surface area contributed by atoms with Crippen molar-refractivity contribution in [3.8, 4) is 0 Å². The summed E-state index contributed by atoms with van der Waals surface area (Å²) in [6.07, 6.45) is 4.05. The number of benzene rings is 2. The quantitative estimate of drug-likeness (QED) is 0.243. The molecule has 11 heteroatoms. The number of hydrogen-bond acceptors (Lipinski definition) is 8. The van der Waals surface area contributed by atoms with Crippen LogP contribution in [0.15, 0.2) is 54.6 Å². The number of anilines is 2. The predicted molar refractivity (Wildman–Crippen MR) is 182 cm³/mol. The Labute approximate surface area is 266 Å². The van der Waals surface area contributed by atoms with Crippen molar-refractivity contribution < 1.29 is 27.9 Å². The molecular formula is C33H51B3N2O6. The van der Waals surface area contributed by atoms with Gasteiger partial charge in [-0.2, -0.15) is 0 Å². The van der Waals surface area contributed by atoms with Crippen molar-refractivity contribution >= 4 is 44.1 Å².